The fraction of sp³-hybridized carbons (Fsp3) is 0.500. The minimum absolute atomic E-state index is 0.0402. The van der Waals surface area contributed by atoms with Gasteiger partial charge in [-0.25, -0.2) is 4.79 Å². The maximum absolute atomic E-state index is 11.3. The van der Waals surface area contributed by atoms with Crippen molar-refractivity contribution in [2.24, 2.45) is 0 Å². The van der Waals surface area contributed by atoms with Crippen LogP contribution in [0.25, 0.3) is 0 Å². The van der Waals surface area contributed by atoms with E-state index < -0.39 is 22.1 Å². The Hall–Kier alpha value is -2.15. The molecule has 2 rings (SSSR count). The molecule has 0 amide bonds. The smallest absolute Gasteiger partial charge is 0.346 e. The highest BCUT2D eigenvalue weighted by atomic mass is 16.6. The Kier molecular flexibility index (Phi) is 4.74. The van der Waals surface area contributed by atoms with E-state index in [1.807, 2.05) is 0 Å². The van der Waals surface area contributed by atoms with Crippen molar-refractivity contribution in [2.45, 2.75) is 37.9 Å². The van der Waals surface area contributed by atoms with Crippen LogP contribution in [0.2, 0.25) is 0 Å². The van der Waals surface area contributed by atoms with Crippen LogP contribution in [0.1, 0.15) is 36.0 Å². The summed E-state index contributed by atoms with van der Waals surface area (Å²) in [5.74, 6) is -1.32. The van der Waals surface area contributed by atoms with Crippen LogP contribution >= 0.6 is 0 Å². The summed E-state index contributed by atoms with van der Waals surface area (Å²) in [6.07, 6.45) is 3.18. The molecule has 0 aromatic heterocycles. The van der Waals surface area contributed by atoms with Crippen molar-refractivity contribution in [2.75, 3.05) is 7.11 Å². The SMILES string of the molecule is COC1CCCC(Oc2cccc([N+](=O)[O-])c2C(=O)O)C1. The molecule has 1 aromatic rings. The average Bonchev–Trinajstić information content (AvgIpc) is 2.46. The zero-order valence-corrected chi connectivity index (χ0v) is 11.7. The van der Waals surface area contributed by atoms with Crippen molar-refractivity contribution in [1.29, 1.82) is 0 Å². The van der Waals surface area contributed by atoms with Crippen LogP contribution in [0.4, 0.5) is 5.69 Å². The maximum Gasteiger partial charge on any atom is 0.346 e. The summed E-state index contributed by atoms with van der Waals surface area (Å²) in [7, 11) is 1.63. The number of benzene rings is 1. The lowest BCUT2D eigenvalue weighted by Crippen LogP contribution is -2.30. The quantitative estimate of drug-likeness (QED) is 0.662. The molecule has 7 heteroatoms. The normalized spacial score (nSPS) is 21.8. The van der Waals surface area contributed by atoms with Crippen molar-refractivity contribution in [3.05, 3.63) is 33.9 Å². The largest absolute Gasteiger partial charge is 0.489 e. The van der Waals surface area contributed by atoms with Crippen LogP contribution in [0, 0.1) is 10.1 Å². The van der Waals surface area contributed by atoms with E-state index in [0.29, 0.717) is 6.42 Å². The molecule has 2 unspecified atom stereocenters. The molecule has 1 saturated carbocycles. The summed E-state index contributed by atoms with van der Waals surface area (Å²) in [6, 6.07) is 4.04. The minimum atomic E-state index is -1.36. The highest BCUT2D eigenvalue weighted by Crippen LogP contribution is 2.32. The van der Waals surface area contributed by atoms with Crippen LogP contribution in [-0.2, 0) is 4.74 Å². The molecule has 114 valence electrons. The Morgan fingerprint density at radius 3 is 2.71 bits per heavy atom. The summed E-state index contributed by atoms with van der Waals surface area (Å²) in [5, 5.41) is 20.1. The number of hydrogen-bond acceptors (Lipinski definition) is 5. The van der Waals surface area contributed by atoms with Crippen molar-refractivity contribution < 1.29 is 24.3 Å². The molecule has 7 nitrogen and oxygen atoms in total. The highest BCUT2D eigenvalue weighted by molar-refractivity contribution is 5.95. The molecule has 1 aliphatic rings. The summed E-state index contributed by atoms with van der Waals surface area (Å²) in [6.45, 7) is 0. The van der Waals surface area contributed by atoms with Gasteiger partial charge in [-0.1, -0.05) is 6.07 Å². The van der Waals surface area contributed by atoms with Gasteiger partial charge in [0.25, 0.3) is 5.69 Å². The molecular formula is C14H17NO6. The number of hydrogen-bond donors (Lipinski definition) is 1. The lowest BCUT2D eigenvalue weighted by Gasteiger charge is -2.29. The van der Waals surface area contributed by atoms with Crippen LogP contribution in [0.5, 0.6) is 5.75 Å². The molecule has 0 spiro atoms. The van der Waals surface area contributed by atoms with E-state index in [2.05, 4.69) is 0 Å². The Labute approximate surface area is 121 Å². The summed E-state index contributed by atoms with van der Waals surface area (Å²) in [4.78, 5) is 21.5. The fourth-order valence-corrected chi connectivity index (χ4v) is 2.59. The third kappa shape index (κ3) is 3.49. The van der Waals surface area contributed by atoms with Gasteiger partial charge in [-0.05, 0) is 25.3 Å². The first-order valence-electron chi connectivity index (χ1n) is 6.73. The van der Waals surface area contributed by atoms with E-state index in [-0.39, 0.29) is 18.0 Å². The van der Waals surface area contributed by atoms with Crippen LogP contribution < -0.4 is 4.74 Å². The predicted octanol–water partition coefficient (Wildman–Crippen LogP) is 2.63. The first-order chi connectivity index (χ1) is 10.0. The Balaban J connectivity index is 2.25. The Bertz CT molecular complexity index is 544. The number of nitro groups is 1. The molecule has 1 fully saturated rings. The molecular weight excluding hydrogens is 278 g/mol. The van der Waals surface area contributed by atoms with E-state index >= 15 is 0 Å². The Morgan fingerprint density at radius 1 is 1.38 bits per heavy atom. The number of rotatable bonds is 5. The Morgan fingerprint density at radius 2 is 2.10 bits per heavy atom. The van der Waals surface area contributed by atoms with Gasteiger partial charge in [-0.2, -0.15) is 0 Å². The number of aromatic carboxylic acids is 1. The second-order valence-electron chi connectivity index (χ2n) is 4.98. The molecule has 0 bridgehead atoms. The molecule has 2 atom stereocenters. The molecule has 1 N–H and O–H groups in total. The molecule has 1 aliphatic carbocycles. The van der Waals surface area contributed by atoms with Gasteiger partial charge in [0.05, 0.1) is 11.0 Å². The monoisotopic (exact) mass is 295 g/mol. The van der Waals surface area contributed by atoms with Crippen molar-refractivity contribution >= 4 is 11.7 Å². The number of carboxylic acids is 1. The van der Waals surface area contributed by atoms with Gasteiger partial charge in [-0.15, -0.1) is 0 Å². The molecule has 0 aliphatic heterocycles. The average molecular weight is 295 g/mol. The molecule has 0 saturated heterocycles. The standard InChI is InChI=1S/C14H17NO6/c1-20-9-4-2-5-10(8-9)21-12-7-3-6-11(15(18)19)13(12)14(16)17/h3,6-7,9-10H,2,4-5,8H2,1H3,(H,16,17). The third-order valence-electron chi connectivity index (χ3n) is 3.62. The predicted molar refractivity (Wildman–Crippen MR) is 73.7 cm³/mol. The zero-order chi connectivity index (χ0) is 15.4. The maximum atomic E-state index is 11.3. The second-order valence-corrected chi connectivity index (χ2v) is 4.98. The summed E-state index contributed by atoms with van der Waals surface area (Å²) >= 11 is 0. The van der Waals surface area contributed by atoms with Crippen LogP contribution in [-0.4, -0.2) is 35.3 Å². The van der Waals surface area contributed by atoms with Crippen LogP contribution in [0.3, 0.4) is 0 Å². The minimum Gasteiger partial charge on any atom is -0.489 e. The molecule has 0 radical (unpaired) electrons. The zero-order valence-electron chi connectivity index (χ0n) is 11.7. The highest BCUT2D eigenvalue weighted by Gasteiger charge is 2.28. The molecule has 0 heterocycles. The fourth-order valence-electron chi connectivity index (χ4n) is 2.59. The first kappa shape index (κ1) is 15.2. The van der Waals surface area contributed by atoms with E-state index in [1.165, 1.54) is 12.1 Å². The number of ether oxygens (including phenoxy) is 2. The number of carboxylic acid groups (broad SMARTS) is 1. The van der Waals surface area contributed by atoms with E-state index in [1.54, 1.807) is 7.11 Å². The van der Waals surface area contributed by atoms with Gasteiger partial charge in [0.1, 0.15) is 11.9 Å². The number of nitro benzene ring substituents is 1. The molecule has 21 heavy (non-hydrogen) atoms. The van der Waals surface area contributed by atoms with Gasteiger partial charge in [-0.3, -0.25) is 10.1 Å². The van der Waals surface area contributed by atoms with Crippen molar-refractivity contribution in [1.82, 2.24) is 0 Å². The second kappa shape index (κ2) is 6.53. The van der Waals surface area contributed by atoms with Crippen molar-refractivity contribution in [3.8, 4) is 5.75 Å². The van der Waals surface area contributed by atoms with Gasteiger partial charge >= 0.3 is 5.97 Å². The number of carbonyl (C=O) groups is 1. The first-order valence-corrected chi connectivity index (χ1v) is 6.73. The van der Waals surface area contributed by atoms with E-state index in [0.717, 1.165) is 25.3 Å². The van der Waals surface area contributed by atoms with Gasteiger partial charge < -0.3 is 14.6 Å². The third-order valence-corrected chi connectivity index (χ3v) is 3.62. The lowest BCUT2D eigenvalue weighted by atomic mass is 9.95. The van der Waals surface area contributed by atoms with Gasteiger partial charge in [0.15, 0.2) is 5.56 Å². The van der Waals surface area contributed by atoms with E-state index in [9.17, 15) is 20.0 Å². The van der Waals surface area contributed by atoms with E-state index in [4.69, 9.17) is 9.47 Å². The number of nitrogens with zero attached hydrogens (tertiary/aromatic N) is 1. The van der Waals surface area contributed by atoms with Gasteiger partial charge in [0.2, 0.25) is 0 Å². The summed E-state index contributed by atoms with van der Waals surface area (Å²) in [5.41, 5.74) is -0.860. The van der Waals surface area contributed by atoms with Crippen LogP contribution in [0.15, 0.2) is 18.2 Å². The molecule has 1 aromatic carbocycles. The topological polar surface area (TPSA) is 98.9 Å². The van der Waals surface area contributed by atoms with Gasteiger partial charge in [0, 0.05) is 19.6 Å². The van der Waals surface area contributed by atoms with Crippen molar-refractivity contribution in [3.63, 3.8) is 0 Å². The lowest BCUT2D eigenvalue weighted by molar-refractivity contribution is -0.385. The summed E-state index contributed by atoms with van der Waals surface area (Å²) < 4.78 is 11.0. The number of methoxy groups -OCH3 is 1.